The van der Waals surface area contributed by atoms with Gasteiger partial charge in [0, 0.05) is 35.4 Å². The van der Waals surface area contributed by atoms with E-state index in [0.717, 1.165) is 11.1 Å². The smallest absolute Gasteiger partial charge is 0.227 e. The number of Topliss-reactive ketones (excluding diaryl/α,β-unsaturated/α-hetero) is 2. The van der Waals surface area contributed by atoms with Gasteiger partial charge in [-0.1, -0.05) is 0 Å². The van der Waals surface area contributed by atoms with Crippen LogP contribution in [0.25, 0.3) is 11.1 Å². The van der Waals surface area contributed by atoms with E-state index in [1.807, 2.05) is 49.1 Å². The minimum atomic E-state index is -0.373. The lowest BCUT2D eigenvalue weighted by Crippen LogP contribution is -2.37. The fourth-order valence-electron chi connectivity index (χ4n) is 3.30. The second-order valence-electron chi connectivity index (χ2n) is 7.38. The van der Waals surface area contributed by atoms with Crippen molar-refractivity contribution in [2.75, 3.05) is 0 Å². The van der Waals surface area contributed by atoms with Crippen LogP contribution in [0.15, 0.2) is 97.6 Å². The zero-order chi connectivity index (χ0) is 22.5. The average molecular weight is 430 g/mol. The molecule has 0 saturated heterocycles. The number of nitrogens with zero attached hydrogens (tertiary/aromatic N) is 2. The van der Waals surface area contributed by atoms with E-state index in [0.29, 0.717) is 11.1 Å². The molecule has 2 aromatic heterocycles. The van der Waals surface area contributed by atoms with E-state index >= 15 is 0 Å². The van der Waals surface area contributed by atoms with Crippen LogP contribution in [0.2, 0.25) is 0 Å². The summed E-state index contributed by atoms with van der Waals surface area (Å²) in [6, 6.07) is 18.6. The summed E-state index contributed by atoms with van der Waals surface area (Å²) in [4.78, 5) is 24.7. The van der Waals surface area contributed by atoms with Crippen LogP contribution < -0.4 is 9.13 Å². The number of pyridine rings is 2. The second-order valence-corrected chi connectivity index (χ2v) is 7.38. The number of benzene rings is 2. The number of ketones is 2. The molecule has 0 bridgehead atoms. The van der Waals surface area contributed by atoms with E-state index < -0.39 is 0 Å². The molecule has 0 amide bonds. The molecular weight excluding hydrogens is 410 g/mol. The van der Waals surface area contributed by atoms with E-state index in [1.165, 1.54) is 48.5 Å². The first-order valence-electron chi connectivity index (χ1n) is 10.0. The van der Waals surface area contributed by atoms with Gasteiger partial charge in [0.15, 0.2) is 24.8 Å². The summed E-state index contributed by atoms with van der Waals surface area (Å²) in [5.74, 6) is -0.950. The number of aromatic nitrogens is 2. The Morgan fingerprint density at radius 1 is 0.531 bits per heavy atom. The highest BCUT2D eigenvalue weighted by atomic mass is 19.1. The number of hydrogen-bond donors (Lipinski definition) is 0. The molecule has 0 saturated carbocycles. The topological polar surface area (TPSA) is 41.9 Å². The van der Waals surface area contributed by atoms with Crippen LogP contribution in [0.3, 0.4) is 0 Å². The van der Waals surface area contributed by atoms with Crippen molar-refractivity contribution in [1.82, 2.24) is 0 Å². The second kappa shape index (κ2) is 9.39. The highest BCUT2D eigenvalue weighted by Gasteiger charge is 2.14. The van der Waals surface area contributed by atoms with E-state index in [-0.39, 0.29) is 36.3 Å². The first-order chi connectivity index (χ1) is 15.5. The fraction of sp³-hybridized carbons (Fsp3) is 0.0769. The molecule has 4 nitrogen and oxygen atoms in total. The molecule has 2 heterocycles. The van der Waals surface area contributed by atoms with E-state index in [2.05, 4.69) is 0 Å². The van der Waals surface area contributed by atoms with Crippen LogP contribution >= 0.6 is 0 Å². The van der Waals surface area contributed by atoms with Crippen molar-refractivity contribution in [3.05, 3.63) is 120 Å². The zero-order valence-electron chi connectivity index (χ0n) is 17.1. The summed E-state index contributed by atoms with van der Waals surface area (Å²) in [7, 11) is 0. The van der Waals surface area contributed by atoms with Crippen LogP contribution in [0.1, 0.15) is 20.7 Å². The SMILES string of the molecule is O=C(C[n+]1ccc(-c2cc[n+](CC(=O)c3ccc(F)cc3)cc2)cc1)c1ccc(F)cc1. The zero-order valence-corrected chi connectivity index (χ0v) is 17.1. The molecule has 0 fully saturated rings. The van der Waals surface area contributed by atoms with Gasteiger partial charge in [-0.05, 0) is 59.7 Å². The maximum atomic E-state index is 13.0. The molecule has 32 heavy (non-hydrogen) atoms. The standard InChI is InChI=1S/C26H20F2N2O2/c27-23-5-1-21(2-6-23)25(31)17-29-13-9-19(10-14-29)20-11-15-30(16-12-20)18-26(32)22-3-7-24(28)8-4-22/h1-16H,17-18H2/q+2. The molecule has 0 atom stereocenters. The molecule has 0 spiro atoms. The van der Waals surface area contributed by atoms with Crippen molar-refractivity contribution in [2.45, 2.75) is 13.1 Å². The van der Waals surface area contributed by atoms with Gasteiger partial charge >= 0.3 is 0 Å². The first kappa shape index (κ1) is 21.2. The molecule has 0 aliphatic carbocycles. The van der Waals surface area contributed by atoms with Crippen LogP contribution in [0, 0.1) is 11.6 Å². The lowest BCUT2D eigenvalue weighted by molar-refractivity contribution is -0.683. The van der Waals surface area contributed by atoms with Crippen molar-refractivity contribution >= 4 is 11.6 Å². The quantitative estimate of drug-likeness (QED) is 0.329. The van der Waals surface area contributed by atoms with Crippen molar-refractivity contribution in [3.63, 3.8) is 0 Å². The maximum Gasteiger partial charge on any atom is 0.227 e. The number of hydrogen-bond acceptors (Lipinski definition) is 2. The Balaban J connectivity index is 1.39. The Kier molecular flexibility index (Phi) is 6.22. The molecule has 0 aliphatic heterocycles. The predicted molar refractivity (Wildman–Crippen MR) is 114 cm³/mol. The van der Waals surface area contributed by atoms with Crippen molar-refractivity contribution < 1.29 is 27.5 Å². The third-order valence-electron chi connectivity index (χ3n) is 5.10. The number of carbonyl (C=O) groups is 2. The molecule has 6 heteroatoms. The lowest BCUT2D eigenvalue weighted by Gasteiger charge is -2.02. The summed E-state index contributed by atoms with van der Waals surface area (Å²) in [6.07, 6.45) is 7.26. The van der Waals surface area contributed by atoms with E-state index in [1.54, 1.807) is 9.13 Å². The minimum Gasteiger partial charge on any atom is -0.287 e. The number of halogens is 2. The third-order valence-corrected chi connectivity index (χ3v) is 5.10. The van der Waals surface area contributed by atoms with Crippen molar-refractivity contribution in [3.8, 4) is 11.1 Å². The molecule has 0 radical (unpaired) electrons. The number of carbonyl (C=O) groups excluding carboxylic acids is 2. The van der Waals surface area contributed by atoms with Gasteiger partial charge in [0.25, 0.3) is 0 Å². The summed E-state index contributed by atoms with van der Waals surface area (Å²) in [5.41, 5.74) is 2.86. The van der Waals surface area contributed by atoms with Gasteiger partial charge in [0.2, 0.25) is 24.7 Å². The Morgan fingerprint density at radius 2 is 0.844 bits per heavy atom. The summed E-state index contributed by atoms with van der Waals surface area (Å²) in [6.45, 7) is 0.318. The van der Waals surface area contributed by atoms with Crippen LogP contribution in [-0.4, -0.2) is 11.6 Å². The van der Waals surface area contributed by atoms with Gasteiger partial charge in [-0.2, -0.15) is 9.13 Å². The molecule has 2 aromatic carbocycles. The molecule has 0 N–H and O–H groups in total. The minimum absolute atomic E-state index is 0.102. The first-order valence-corrected chi connectivity index (χ1v) is 10.0. The summed E-state index contributed by atoms with van der Waals surface area (Å²) >= 11 is 0. The fourth-order valence-corrected chi connectivity index (χ4v) is 3.30. The molecule has 0 aliphatic rings. The van der Waals surface area contributed by atoms with Gasteiger partial charge in [-0.3, -0.25) is 9.59 Å². The summed E-state index contributed by atoms with van der Waals surface area (Å²) < 4.78 is 29.6. The molecule has 158 valence electrons. The lowest BCUT2D eigenvalue weighted by atomic mass is 10.1. The van der Waals surface area contributed by atoms with Gasteiger partial charge in [0.1, 0.15) is 11.6 Å². The molecule has 4 rings (SSSR count). The van der Waals surface area contributed by atoms with Crippen LogP contribution in [0.5, 0.6) is 0 Å². The molecule has 0 unspecified atom stereocenters. The highest BCUT2D eigenvalue weighted by Crippen LogP contribution is 2.16. The Bertz CT molecular complexity index is 1130. The van der Waals surface area contributed by atoms with Crippen molar-refractivity contribution in [2.24, 2.45) is 0 Å². The van der Waals surface area contributed by atoms with Gasteiger partial charge in [0.05, 0.1) is 0 Å². The average Bonchev–Trinajstić information content (AvgIpc) is 2.81. The monoisotopic (exact) mass is 430 g/mol. The van der Waals surface area contributed by atoms with Crippen molar-refractivity contribution in [1.29, 1.82) is 0 Å². The van der Waals surface area contributed by atoms with E-state index in [4.69, 9.17) is 0 Å². The Morgan fingerprint density at radius 3 is 1.16 bits per heavy atom. The van der Waals surface area contributed by atoms with Gasteiger partial charge < -0.3 is 0 Å². The Labute approximate surface area is 184 Å². The summed E-state index contributed by atoms with van der Waals surface area (Å²) in [5, 5.41) is 0. The van der Waals surface area contributed by atoms with E-state index in [9.17, 15) is 18.4 Å². The molecule has 4 aromatic rings. The molecular formula is C26H20F2N2O2+2. The highest BCUT2D eigenvalue weighted by molar-refractivity contribution is 5.95. The van der Waals surface area contributed by atoms with Crippen LogP contribution in [0.4, 0.5) is 8.78 Å². The van der Waals surface area contributed by atoms with Gasteiger partial charge in [-0.25, -0.2) is 8.78 Å². The van der Waals surface area contributed by atoms with Gasteiger partial charge in [-0.15, -0.1) is 0 Å². The number of rotatable bonds is 7. The maximum absolute atomic E-state index is 13.0. The van der Waals surface area contributed by atoms with Crippen LogP contribution in [-0.2, 0) is 13.1 Å². The predicted octanol–water partition coefficient (Wildman–Crippen LogP) is 3.97. The largest absolute Gasteiger partial charge is 0.287 e. The third kappa shape index (κ3) is 5.16. The Hall–Kier alpha value is -4.06. The normalized spacial score (nSPS) is 10.7.